The van der Waals surface area contributed by atoms with E-state index in [0.717, 1.165) is 11.5 Å². The van der Waals surface area contributed by atoms with Gasteiger partial charge in [-0.2, -0.15) is 0 Å². The van der Waals surface area contributed by atoms with E-state index in [-0.39, 0.29) is 17.5 Å². The maximum absolute atomic E-state index is 12.7. The number of carbonyl (C=O) groups is 1. The van der Waals surface area contributed by atoms with Gasteiger partial charge in [-0.25, -0.2) is 9.37 Å². The van der Waals surface area contributed by atoms with E-state index in [2.05, 4.69) is 10.3 Å². The molecular weight excluding hydrogens is 267 g/mol. The standard InChI is InChI=1S/C13H13FN2O2S/c1-8-9(2)18-13(15-8)19-7-12(17)16-11-5-3-10(14)4-6-11/h3-6H,7H2,1-2H3,(H,16,17). The Kier molecular flexibility index (Phi) is 4.21. The molecule has 0 aliphatic rings. The molecule has 2 rings (SSSR count). The van der Waals surface area contributed by atoms with Crippen LogP contribution in [-0.2, 0) is 4.79 Å². The summed E-state index contributed by atoms with van der Waals surface area (Å²) < 4.78 is 18.0. The molecule has 0 saturated heterocycles. The number of nitrogens with one attached hydrogen (secondary N) is 1. The molecule has 0 bridgehead atoms. The van der Waals surface area contributed by atoms with Crippen molar-refractivity contribution >= 4 is 23.4 Å². The number of anilines is 1. The second kappa shape index (κ2) is 5.88. The SMILES string of the molecule is Cc1nc(SCC(=O)Nc2ccc(F)cc2)oc1C. The van der Waals surface area contributed by atoms with Crippen molar-refractivity contribution in [3.05, 3.63) is 41.5 Å². The second-order valence-corrected chi connectivity index (χ2v) is 4.89. The molecule has 0 unspecified atom stereocenters. The summed E-state index contributed by atoms with van der Waals surface area (Å²) in [4.78, 5) is 15.8. The van der Waals surface area contributed by atoms with Crippen molar-refractivity contribution in [3.8, 4) is 0 Å². The van der Waals surface area contributed by atoms with E-state index in [9.17, 15) is 9.18 Å². The Morgan fingerprint density at radius 3 is 2.63 bits per heavy atom. The van der Waals surface area contributed by atoms with Gasteiger partial charge < -0.3 is 9.73 Å². The van der Waals surface area contributed by atoms with Gasteiger partial charge in [-0.3, -0.25) is 4.79 Å². The van der Waals surface area contributed by atoms with E-state index in [1.165, 1.54) is 36.0 Å². The molecule has 0 radical (unpaired) electrons. The first-order valence-corrected chi connectivity index (χ1v) is 6.65. The topological polar surface area (TPSA) is 55.1 Å². The highest BCUT2D eigenvalue weighted by Gasteiger charge is 2.09. The van der Waals surface area contributed by atoms with Gasteiger partial charge in [-0.05, 0) is 38.1 Å². The maximum atomic E-state index is 12.7. The highest BCUT2D eigenvalue weighted by molar-refractivity contribution is 7.99. The van der Waals surface area contributed by atoms with Crippen LogP contribution in [0, 0.1) is 19.7 Å². The number of hydrogen-bond acceptors (Lipinski definition) is 4. The molecule has 6 heteroatoms. The lowest BCUT2D eigenvalue weighted by Crippen LogP contribution is -2.13. The van der Waals surface area contributed by atoms with Crippen LogP contribution in [0.25, 0.3) is 0 Å². The Morgan fingerprint density at radius 1 is 1.37 bits per heavy atom. The number of aromatic nitrogens is 1. The number of amides is 1. The van der Waals surface area contributed by atoms with Gasteiger partial charge in [-0.15, -0.1) is 0 Å². The molecule has 1 N–H and O–H groups in total. The summed E-state index contributed by atoms with van der Waals surface area (Å²) in [5.74, 6) is 0.418. The van der Waals surface area contributed by atoms with Gasteiger partial charge in [0.25, 0.3) is 5.22 Å². The van der Waals surface area contributed by atoms with Crippen LogP contribution in [-0.4, -0.2) is 16.6 Å². The van der Waals surface area contributed by atoms with Crippen LogP contribution in [0.1, 0.15) is 11.5 Å². The highest BCUT2D eigenvalue weighted by Crippen LogP contribution is 2.20. The normalized spacial score (nSPS) is 10.5. The third kappa shape index (κ3) is 3.82. The van der Waals surface area contributed by atoms with E-state index in [4.69, 9.17) is 4.42 Å². The third-order valence-corrected chi connectivity index (χ3v) is 3.29. The fourth-order valence-corrected chi connectivity index (χ4v) is 2.07. The van der Waals surface area contributed by atoms with E-state index < -0.39 is 0 Å². The van der Waals surface area contributed by atoms with E-state index in [1.807, 2.05) is 13.8 Å². The summed E-state index contributed by atoms with van der Waals surface area (Å²) in [5.41, 5.74) is 1.38. The van der Waals surface area contributed by atoms with Gasteiger partial charge >= 0.3 is 0 Å². The summed E-state index contributed by atoms with van der Waals surface area (Å²) in [6, 6.07) is 5.61. The molecule has 100 valence electrons. The van der Waals surface area contributed by atoms with Crippen molar-refractivity contribution in [1.82, 2.24) is 4.98 Å². The summed E-state index contributed by atoms with van der Waals surface area (Å²) in [5, 5.41) is 3.14. The van der Waals surface area contributed by atoms with E-state index >= 15 is 0 Å². The maximum Gasteiger partial charge on any atom is 0.256 e. The molecule has 0 fully saturated rings. The minimum atomic E-state index is -0.335. The van der Waals surface area contributed by atoms with Gasteiger partial charge in [0.1, 0.15) is 11.6 Å². The number of oxazole rings is 1. The van der Waals surface area contributed by atoms with Crippen molar-refractivity contribution in [2.75, 3.05) is 11.1 Å². The zero-order chi connectivity index (χ0) is 13.8. The van der Waals surface area contributed by atoms with Gasteiger partial charge in [-0.1, -0.05) is 11.8 Å². The fourth-order valence-electron chi connectivity index (χ4n) is 1.36. The van der Waals surface area contributed by atoms with Crippen LogP contribution < -0.4 is 5.32 Å². The van der Waals surface area contributed by atoms with Crippen LogP contribution in [0.3, 0.4) is 0 Å². The zero-order valence-electron chi connectivity index (χ0n) is 10.6. The average molecular weight is 280 g/mol. The highest BCUT2D eigenvalue weighted by atomic mass is 32.2. The number of thioether (sulfide) groups is 1. The van der Waals surface area contributed by atoms with Crippen molar-refractivity contribution in [3.63, 3.8) is 0 Å². The lowest BCUT2D eigenvalue weighted by molar-refractivity contribution is -0.113. The fraction of sp³-hybridized carbons (Fsp3) is 0.231. The Balaban J connectivity index is 1.86. The monoisotopic (exact) mass is 280 g/mol. The van der Waals surface area contributed by atoms with Crippen LogP contribution >= 0.6 is 11.8 Å². The predicted molar refractivity (Wildman–Crippen MR) is 71.7 cm³/mol. The Hall–Kier alpha value is -1.82. The number of rotatable bonds is 4. The Labute approximate surface area is 114 Å². The minimum absolute atomic E-state index is 0.190. The summed E-state index contributed by atoms with van der Waals surface area (Å²) >= 11 is 1.22. The molecule has 19 heavy (non-hydrogen) atoms. The minimum Gasteiger partial charge on any atom is -0.437 e. The molecule has 2 aromatic rings. The van der Waals surface area contributed by atoms with Crippen molar-refractivity contribution in [1.29, 1.82) is 0 Å². The molecule has 0 spiro atoms. The average Bonchev–Trinajstić information content (AvgIpc) is 2.69. The smallest absolute Gasteiger partial charge is 0.256 e. The molecule has 0 atom stereocenters. The van der Waals surface area contributed by atoms with Gasteiger partial charge in [0.2, 0.25) is 5.91 Å². The van der Waals surface area contributed by atoms with Crippen LogP contribution in [0.5, 0.6) is 0 Å². The molecule has 0 aliphatic heterocycles. The largest absolute Gasteiger partial charge is 0.437 e. The van der Waals surface area contributed by atoms with Crippen molar-refractivity contribution in [2.24, 2.45) is 0 Å². The molecule has 4 nitrogen and oxygen atoms in total. The Bertz CT molecular complexity index is 561. The number of benzene rings is 1. The zero-order valence-corrected chi connectivity index (χ0v) is 11.4. The van der Waals surface area contributed by atoms with E-state index in [0.29, 0.717) is 10.9 Å². The molecule has 1 aromatic heterocycles. The third-order valence-electron chi connectivity index (χ3n) is 2.46. The first-order valence-electron chi connectivity index (χ1n) is 5.67. The summed E-state index contributed by atoms with van der Waals surface area (Å²) in [7, 11) is 0. The summed E-state index contributed by atoms with van der Waals surface area (Å²) in [6.45, 7) is 3.67. The number of carbonyl (C=O) groups excluding carboxylic acids is 1. The molecular formula is C13H13FN2O2S. The van der Waals surface area contributed by atoms with Gasteiger partial charge in [0.05, 0.1) is 11.4 Å². The lowest BCUT2D eigenvalue weighted by Gasteiger charge is -2.03. The van der Waals surface area contributed by atoms with Gasteiger partial charge in [0, 0.05) is 5.69 Å². The number of aryl methyl sites for hydroxylation is 2. The molecule has 1 aromatic carbocycles. The second-order valence-electron chi connectivity index (χ2n) is 3.97. The lowest BCUT2D eigenvalue weighted by atomic mass is 10.3. The van der Waals surface area contributed by atoms with Crippen LogP contribution in [0.15, 0.2) is 33.9 Å². The number of nitrogens with zero attached hydrogens (tertiary/aromatic N) is 1. The summed E-state index contributed by atoms with van der Waals surface area (Å²) in [6.07, 6.45) is 0. The van der Waals surface area contributed by atoms with Crippen molar-refractivity contribution < 1.29 is 13.6 Å². The molecule has 0 saturated carbocycles. The molecule has 1 amide bonds. The Morgan fingerprint density at radius 2 is 2.05 bits per heavy atom. The first-order chi connectivity index (χ1) is 9.04. The van der Waals surface area contributed by atoms with Crippen molar-refractivity contribution in [2.45, 2.75) is 19.1 Å². The van der Waals surface area contributed by atoms with Crippen LogP contribution in [0.4, 0.5) is 10.1 Å². The quantitative estimate of drug-likeness (QED) is 0.874. The number of hydrogen-bond donors (Lipinski definition) is 1. The molecule has 1 heterocycles. The first kappa shape index (κ1) is 13.6. The van der Waals surface area contributed by atoms with Gasteiger partial charge in [0.15, 0.2) is 0 Å². The van der Waals surface area contributed by atoms with Crippen LogP contribution in [0.2, 0.25) is 0 Å². The predicted octanol–water partition coefficient (Wildman–Crippen LogP) is 3.16. The molecule has 0 aliphatic carbocycles. The van der Waals surface area contributed by atoms with E-state index in [1.54, 1.807) is 0 Å². The number of halogens is 1.